The van der Waals surface area contributed by atoms with Crippen molar-refractivity contribution in [3.05, 3.63) is 0 Å². The molecule has 6 heteroatoms. The summed E-state index contributed by atoms with van der Waals surface area (Å²) in [4.78, 5) is 11.0. The van der Waals surface area contributed by atoms with Gasteiger partial charge in [0.1, 0.15) is 0 Å². The Balaban J connectivity index is 0. The lowest BCUT2D eigenvalue weighted by Gasteiger charge is -2.29. The molecule has 0 unspecified atom stereocenters. The summed E-state index contributed by atoms with van der Waals surface area (Å²) in [6.45, 7) is 11.7. The summed E-state index contributed by atoms with van der Waals surface area (Å²) in [6.07, 6.45) is 26.4. The summed E-state index contributed by atoms with van der Waals surface area (Å²) in [6, 6.07) is 0. The highest BCUT2D eigenvalue weighted by Gasteiger charge is 2.12. The van der Waals surface area contributed by atoms with Crippen molar-refractivity contribution >= 4 is 7.82 Å². The van der Waals surface area contributed by atoms with Crippen LogP contribution in [0.1, 0.15) is 156 Å². The number of quaternary nitrogens is 1. The highest BCUT2D eigenvalue weighted by molar-refractivity contribution is 7.45. The third-order valence-corrected chi connectivity index (χ3v) is 7.73. The second-order valence-electron chi connectivity index (χ2n) is 11.2. The second kappa shape index (κ2) is 28.1. The Morgan fingerprint density at radius 2 is 0.806 bits per heavy atom. The van der Waals surface area contributed by atoms with Crippen molar-refractivity contribution < 1.29 is 23.0 Å². The van der Waals surface area contributed by atoms with Crippen LogP contribution in [0.15, 0.2) is 0 Å². The van der Waals surface area contributed by atoms with E-state index in [1.807, 2.05) is 13.8 Å². The number of nitrogens with zero attached hydrogens (tertiary/aromatic N) is 1. The first-order valence-corrected chi connectivity index (χ1v) is 17.1. The summed E-state index contributed by atoms with van der Waals surface area (Å²) in [5, 5.41) is 0. The maximum atomic E-state index is 11.0. The maximum absolute atomic E-state index is 11.0. The van der Waals surface area contributed by atoms with Gasteiger partial charge >= 0.3 is 0 Å². The molecule has 0 aliphatic rings. The van der Waals surface area contributed by atoms with Gasteiger partial charge in [-0.3, -0.25) is 4.57 Å². The van der Waals surface area contributed by atoms with E-state index in [-0.39, 0.29) is 13.2 Å². The first kappa shape index (κ1) is 38.2. The van der Waals surface area contributed by atoms with Crippen molar-refractivity contribution in [2.45, 2.75) is 156 Å². The summed E-state index contributed by atoms with van der Waals surface area (Å²) in [7, 11) is 0.799. The van der Waals surface area contributed by atoms with E-state index in [1.165, 1.54) is 120 Å². The Bertz CT molecular complexity index is 460. The van der Waals surface area contributed by atoms with E-state index in [9.17, 15) is 9.46 Å². The molecule has 36 heavy (non-hydrogen) atoms. The average molecular weight is 536 g/mol. The van der Waals surface area contributed by atoms with Crippen molar-refractivity contribution in [2.75, 3.05) is 40.4 Å². The lowest BCUT2D eigenvalue weighted by atomic mass is 10.0. The normalized spacial score (nSPS) is 12.0. The molecule has 0 saturated heterocycles. The van der Waals surface area contributed by atoms with Gasteiger partial charge in [-0.2, -0.15) is 0 Å². The molecule has 0 bridgehead atoms. The summed E-state index contributed by atoms with van der Waals surface area (Å²) < 4.78 is 21.4. The lowest BCUT2D eigenvalue weighted by molar-refractivity contribution is -0.890. The molecular weight excluding hydrogens is 469 g/mol. The molecule has 0 radical (unpaired) electrons. The second-order valence-corrected chi connectivity index (χ2v) is 12.6. The molecule has 0 N–H and O–H groups in total. The fourth-order valence-corrected chi connectivity index (χ4v) is 4.89. The molecule has 0 aromatic carbocycles. The van der Waals surface area contributed by atoms with Crippen LogP contribution in [0.4, 0.5) is 0 Å². The zero-order valence-electron chi connectivity index (χ0n) is 25.5. The summed E-state index contributed by atoms with van der Waals surface area (Å²) >= 11 is 0. The Morgan fingerprint density at radius 3 is 1.17 bits per heavy atom. The number of rotatable bonds is 26. The standard InChI is InChI=1S/C22H48N.C8H19O4P/c1-5-7-9-10-11-12-13-14-15-16-17-18-19-20-22-23(3,4)21-8-6-2;1-3-5-7-11-13(9,10)12-8-6-4-2/h5-22H2,1-4H3;3-8H2,1-2H3,(H,9,10)/q+1;/p-1. The van der Waals surface area contributed by atoms with Crippen LogP contribution in [-0.4, -0.2) is 44.9 Å². The molecule has 0 rings (SSSR count). The van der Waals surface area contributed by atoms with Crippen LogP contribution in [0.5, 0.6) is 0 Å². The first-order chi connectivity index (χ1) is 17.2. The summed E-state index contributed by atoms with van der Waals surface area (Å²) in [5.74, 6) is 0. The summed E-state index contributed by atoms with van der Waals surface area (Å²) in [5.41, 5.74) is 0. The van der Waals surface area contributed by atoms with E-state index < -0.39 is 7.82 Å². The topological polar surface area (TPSA) is 58.6 Å². The lowest BCUT2D eigenvalue weighted by Crippen LogP contribution is -2.41. The van der Waals surface area contributed by atoms with Crippen molar-refractivity contribution in [1.82, 2.24) is 0 Å². The highest BCUT2D eigenvalue weighted by Crippen LogP contribution is 2.38. The Labute approximate surface area is 227 Å². The Hall–Kier alpha value is 0.0700. The van der Waals surface area contributed by atoms with E-state index in [0.717, 1.165) is 25.7 Å². The third-order valence-electron chi connectivity index (χ3n) is 6.73. The van der Waals surface area contributed by atoms with Crippen molar-refractivity contribution in [2.24, 2.45) is 0 Å². The van der Waals surface area contributed by atoms with Crippen LogP contribution < -0.4 is 4.89 Å². The smallest absolute Gasteiger partial charge is 0.267 e. The molecule has 0 fully saturated rings. The highest BCUT2D eigenvalue weighted by atomic mass is 31.2. The van der Waals surface area contributed by atoms with Gasteiger partial charge < -0.3 is 18.4 Å². The fourth-order valence-electron chi connectivity index (χ4n) is 4.11. The van der Waals surface area contributed by atoms with Gasteiger partial charge in [-0.1, -0.05) is 124 Å². The van der Waals surface area contributed by atoms with E-state index in [2.05, 4.69) is 37.0 Å². The minimum atomic E-state index is -4.00. The monoisotopic (exact) mass is 535 g/mol. The van der Waals surface area contributed by atoms with Crippen molar-refractivity contribution in [3.63, 3.8) is 0 Å². The van der Waals surface area contributed by atoms with Gasteiger partial charge in [0.05, 0.1) is 40.4 Å². The van der Waals surface area contributed by atoms with Gasteiger partial charge in [0.15, 0.2) is 0 Å². The number of hydrogen-bond acceptors (Lipinski definition) is 4. The Morgan fingerprint density at radius 1 is 0.500 bits per heavy atom. The van der Waals surface area contributed by atoms with Gasteiger partial charge in [0.2, 0.25) is 0 Å². The van der Waals surface area contributed by atoms with Crippen molar-refractivity contribution in [1.29, 1.82) is 0 Å². The van der Waals surface area contributed by atoms with Gasteiger partial charge in [0, 0.05) is 0 Å². The first-order valence-electron chi connectivity index (χ1n) is 15.7. The zero-order chi connectivity index (χ0) is 27.4. The molecule has 0 aliphatic heterocycles. The quantitative estimate of drug-likeness (QED) is 0.0629. The predicted molar refractivity (Wildman–Crippen MR) is 156 cm³/mol. The number of phosphoric ester groups is 1. The van der Waals surface area contributed by atoms with E-state index in [1.54, 1.807) is 0 Å². The maximum Gasteiger partial charge on any atom is 0.267 e. The van der Waals surface area contributed by atoms with Gasteiger partial charge in [-0.25, -0.2) is 0 Å². The molecule has 0 spiro atoms. The van der Waals surface area contributed by atoms with Crippen LogP contribution in [0, 0.1) is 0 Å². The van der Waals surface area contributed by atoms with Crippen LogP contribution >= 0.6 is 7.82 Å². The van der Waals surface area contributed by atoms with Crippen LogP contribution in [0.25, 0.3) is 0 Å². The number of hydrogen-bond donors (Lipinski definition) is 0. The zero-order valence-corrected chi connectivity index (χ0v) is 26.4. The van der Waals surface area contributed by atoms with Gasteiger partial charge in [-0.05, 0) is 32.1 Å². The molecule has 0 atom stereocenters. The van der Waals surface area contributed by atoms with Crippen LogP contribution in [-0.2, 0) is 13.6 Å². The number of unbranched alkanes of at least 4 members (excludes halogenated alkanes) is 16. The van der Waals surface area contributed by atoms with Gasteiger partial charge in [0.25, 0.3) is 7.82 Å². The molecule has 0 aliphatic carbocycles. The van der Waals surface area contributed by atoms with E-state index in [4.69, 9.17) is 0 Å². The minimum Gasteiger partial charge on any atom is -0.756 e. The predicted octanol–water partition coefficient (Wildman–Crippen LogP) is 9.43. The molecule has 0 amide bonds. The molecule has 0 heterocycles. The molecule has 0 aromatic heterocycles. The van der Waals surface area contributed by atoms with Crippen molar-refractivity contribution in [3.8, 4) is 0 Å². The Kier molecular flexibility index (Phi) is 29.8. The van der Waals surface area contributed by atoms with Crippen LogP contribution in [0.2, 0.25) is 0 Å². The van der Waals surface area contributed by atoms with E-state index in [0.29, 0.717) is 0 Å². The number of phosphoric acid groups is 1. The average Bonchev–Trinajstić information content (AvgIpc) is 2.83. The molecular formula is C30H66NO4P. The molecule has 220 valence electrons. The SMILES string of the molecule is CCCCCCCCCCCCCCCC[N+](C)(C)CCCC.CCCCOP(=O)([O-])OCCCC. The largest absolute Gasteiger partial charge is 0.756 e. The van der Waals surface area contributed by atoms with E-state index >= 15 is 0 Å². The molecule has 0 aromatic rings. The minimum absolute atomic E-state index is 0.226. The third kappa shape index (κ3) is 32.1. The molecule has 0 saturated carbocycles. The fraction of sp³-hybridized carbons (Fsp3) is 1.00. The van der Waals surface area contributed by atoms with Gasteiger partial charge in [-0.15, -0.1) is 0 Å². The van der Waals surface area contributed by atoms with Crippen LogP contribution in [0.3, 0.4) is 0 Å². The molecule has 5 nitrogen and oxygen atoms in total.